The molecule has 0 bridgehead atoms. The van der Waals surface area contributed by atoms with Crippen molar-refractivity contribution in [1.82, 2.24) is 0 Å². The van der Waals surface area contributed by atoms with Crippen molar-refractivity contribution in [3.8, 4) is 17.6 Å². The topological polar surface area (TPSA) is 120 Å². The van der Waals surface area contributed by atoms with Gasteiger partial charge >= 0.3 is 5.97 Å². The van der Waals surface area contributed by atoms with E-state index in [1.807, 2.05) is 6.07 Å². The Morgan fingerprint density at radius 3 is 2.18 bits per heavy atom. The molecular formula is C24H16I2N2O5. The Kier molecular flexibility index (Phi) is 8.29. The molecule has 3 aromatic carbocycles. The van der Waals surface area contributed by atoms with Gasteiger partial charge in [0.15, 0.2) is 0 Å². The molecule has 0 heterocycles. The van der Waals surface area contributed by atoms with E-state index < -0.39 is 11.9 Å². The number of phenols is 1. The van der Waals surface area contributed by atoms with Gasteiger partial charge < -0.3 is 20.3 Å². The number of rotatable bonds is 7. The lowest BCUT2D eigenvalue weighted by molar-refractivity contribution is -0.112. The van der Waals surface area contributed by atoms with Crippen LogP contribution in [0.15, 0.2) is 66.2 Å². The van der Waals surface area contributed by atoms with Crippen molar-refractivity contribution < 1.29 is 24.5 Å². The number of nitrogens with one attached hydrogen (secondary N) is 1. The molecule has 0 radical (unpaired) electrons. The van der Waals surface area contributed by atoms with Gasteiger partial charge in [0.05, 0.1) is 12.7 Å². The Hall–Kier alpha value is -3.11. The van der Waals surface area contributed by atoms with Crippen molar-refractivity contribution in [3.05, 3.63) is 90.1 Å². The van der Waals surface area contributed by atoms with E-state index in [0.29, 0.717) is 17.0 Å². The number of nitriles is 1. The van der Waals surface area contributed by atoms with Gasteiger partial charge in [-0.25, -0.2) is 4.79 Å². The molecule has 3 aromatic rings. The predicted molar refractivity (Wildman–Crippen MR) is 140 cm³/mol. The fourth-order valence-corrected chi connectivity index (χ4v) is 4.89. The Balaban J connectivity index is 1.74. The largest absolute Gasteiger partial charge is 0.508 e. The minimum absolute atomic E-state index is 0.0677. The maximum atomic E-state index is 12.5. The number of carboxylic acids is 1. The molecule has 0 fully saturated rings. The van der Waals surface area contributed by atoms with Crippen LogP contribution in [0.3, 0.4) is 0 Å². The van der Waals surface area contributed by atoms with Crippen molar-refractivity contribution >= 4 is 68.8 Å². The van der Waals surface area contributed by atoms with E-state index >= 15 is 0 Å². The fraction of sp³-hybridized carbons (Fsp3) is 0.0417. The molecule has 3 rings (SSSR count). The van der Waals surface area contributed by atoms with Crippen molar-refractivity contribution in [1.29, 1.82) is 5.26 Å². The fourth-order valence-electron chi connectivity index (χ4n) is 2.76. The summed E-state index contributed by atoms with van der Waals surface area (Å²) in [5.74, 6) is -0.808. The number of carbonyl (C=O) groups is 2. The average Bonchev–Trinajstić information content (AvgIpc) is 2.78. The number of aromatic carboxylic acids is 1. The van der Waals surface area contributed by atoms with Crippen molar-refractivity contribution in [2.45, 2.75) is 6.61 Å². The highest BCUT2D eigenvalue weighted by atomic mass is 127. The number of anilines is 1. The highest BCUT2D eigenvalue weighted by Gasteiger charge is 2.13. The van der Waals surface area contributed by atoms with Crippen molar-refractivity contribution in [3.63, 3.8) is 0 Å². The molecule has 1 amide bonds. The quantitative estimate of drug-likeness (QED) is 0.134. The third-order valence-corrected chi connectivity index (χ3v) is 6.01. The molecule has 9 heteroatoms. The van der Waals surface area contributed by atoms with Gasteiger partial charge in [-0.1, -0.05) is 12.1 Å². The highest BCUT2D eigenvalue weighted by molar-refractivity contribution is 14.1. The first-order valence-corrected chi connectivity index (χ1v) is 11.6. The van der Waals surface area contributed by atoms with Crippen LogP contribution in [0.2, 0.25) is 0 Å². The molecule has 166 valence electrons. The molecule has 0 saturated heterocycles. The Bertz CT molecular complexity index is 1240. The van der Waals surface area contributed by atoms with Crippen LogP contribution in [0.1, 0.15) is 21.5 Å². The second-order valence-corrected chi connectivity index (χ2v) is 9.10. The first-order valence-electron chi connectivity index (χ1n) is 9.43. The van der Waals surface area contributed by atoms with Crippen LogP contribution in [0.25, 0.3) is 6.08 Å². The summed E-state index contributed by atoms with van der Waals surface area (Å²) in [6.45, 7) is 0.263. The molecule has 0 aliphatic rings. The van der Waals surface area contributed by atoms with Crippen LogP contribution in [-0.2, 0) is 11.4 Å². The Morgan fingerprint density at radius 2 is 1.64 bits per heavy atom. The summed E-state index contributed by atoms with van der Waals surface area (Å²) < 4.78 is 7.52. The second-order valence-electron chi connectivity index (χ2n) is 6.78. The molecule has 0 atom stereocenters. The third-order valence-electron chi connectivity index (χ3n) is 4.41. The molecule has 0 saturated carbocycles. The van der Waals surface area contributed by atoms with E-state index in [1.165, 1.54) is 42.5 Å². The van der Waals surface area contributed by atoms with Crippen LogP contribution in [0, 0.1) is 18.5 Å². The number of benzene rings is 3. The zero-order valence-electron chi connectivity index (χ0n) is 16.9. The van der Waals surface area contributed by atoms with E-state index in [4.69, 9.17) is 9.84 Å². The standard InChI is InChI=1S/C24H16I2N2O5/c25-20-10-15(9-17(12-27)23(30)28-18-5-7-19(29)8-6-18)11-21(26)22(20)33-13-14-1-3-16(4-2-14)24(31)32/h1-11,29H,13H2,(H,28,30)(H,31,32)/b17-9+. The monoisotopic (exact) mass is 666 g/mol. The van der Waals surface area contributed by atoms with Gasteiger partial charge in [-0.3, -0.25) is 4.79 Å². The van der Waals surface area contributed by atoms with Crippen molar-refractivity contribution in [2.75, 3.05) is 5.32 Å². The predicted octanol–water partition coefficient (Wildman–Crippen LogP) is 5.42. The zero-order valence-corrected chi connectivity index (χ0v) is 21.2. The summed E-state index contributed by atoms with van der Waals surface area (Å²) in [5, 5.41) is 30.4. The van der Waals surface area contributed by atoms with Gasteiger partial charge in [0.25, 0.3) is 5.91 Å². The molecule has 0 unspecified atom stereocenters. The average molecular weight is 666 g/mol. The summed E-state index contributed by atoms with van der Waals surface area (Å²) in [6.07, 6.45) is 1.49. The number of carboxylic acid groups (broad SMARTS) is 1. The van der Waals surface area contributed by atoms with Gasteiger partial charge in [-0.2, -0.15) is 5.26 Å². The lowest BCUT2D eigenvalue weighted by Crippen LogP contribution is -2.13. The smallest absolute Gasteiger partial charge is 0.335 e. The molecule has 7 nitrogen and oxygen atoms in total. The van der Waals surface area contributed by atoms with E-state index in [2.05, 4.69) is 50.5 Å². The number of phenolic OH excluding ortho intramolecular Hbond substituents is 1. The number of ether oxygens (including phenoxy) is 1. The maximum Gasteiger partial charge on any atom is 0.335 e. The van der Waals surface area contributed by atoms with Crippen LogP contribution < -0.4 is 10.1 Å². The lowest BCUT2D eigenvalue weighted by atomic mass is 10.1. The van der Waals surface area contributed by atoms with Gasteiger partial charge in [0, 0.05) is 5.69 Å². The summed E-state index contributed by atoms with van der Waals surface area (Å²) in [4.78, 5) is 23.4. The normalized spacial score (nSPS) is 10.9. The number of halogens is 2. The minimum Gasteiger partial charge on any atom is -0.508 e. The molecule has 33 heavy (non-hydrogen) atoms. The third kappa shape index (κ3) is 6.69. The Labute approximate surface area is 217 Å². The first-order chi connectivity index (χ1) is 15.8. The highest BCUT2D eigenvalue weighted by Crippen LogP contribution is 2.30. The number of amides is 1. The number of nitrogens with zero attached hydrogens (tertiary/aromatic N) is 1. The molecule has 0 aliphatic carbocycles. The van der Waals surface area contributed by atoms with Gasteiger partial charge in [-0.05, 0) is 111 Å². The van der Waals surface area contributed by atoms with Crippen LogP contribution in [-0.4, -0.2) is 22.1 Å². The summed E-state index contributed by atoms with van der Waals surface area (Å²) in [6, 6.07) is 17.9. The van der Waals surface area contributed by atoms with Crippen molar-refractivity contribution in [2.24, 2.45) is 0 Å². The Morgan fingerprint density at radius 1 is 1.03 bits per heavy atom. The molecule has 0 spiro atoms. The van der Waals surface area contributed by atoms with E-state index in [0.717, 1.165) is 12.7 Å². The number of hydrogen-bond acceptors (Lipinski definition) is 5. The maximum absolute atomic E-state index is 12.5. The van der Waals surface area contributed by atoms with Crippen LogP contribution >= 0.6 is 45.2 Å². The van der Waals surface area contributed by atoms with Gasteiger partial charge in [0.1, 0.15) is 29.7 Å². The molecule has 0 aliphatic heterocycles. The summed E-state index contributed by atoms with van der Waals surface area (Å²) >= 11 is 4.24. The van der Waals surface area contributed by atoms with E-state index in [1.54, 1.807) is 24.3 Å². The number of hydrogen-bond donors (Lipinski definition) is 3. The van der Waals surface area contributed by atoms with E-state index in [9.17, 15) is 20.0 Å². The van der Waals surface area contributed by atoms with Crippen LogP contribution in [0.5, 0.6) is 11.5 Å². The summed E-state index contributed by atoms with van der Waals surface area (Å²) in [7, 11) is 0. The SMILES string of the molecule is N#C/C(=C\c1cc(I)c(OCc2ccc(C(=O)O)cc2)c(I)c1)C(=O)Nc1ccc(O)cc1. The molecule has 0 aromatic heterocycles. The van der Waals surface area contributed by atoms with E-state index in [-0.39, 0.29) is 23.5 Å². The van der Waals surface area contributed by atoms with Gasteiger partial charge in [-0.15, -0.1) is 0 Å². The minimum atomic E-state index is -0.983. The second kappa shape index (κ2) is 11.2. The molecular weight excluding hydrogens is 650 g/mol. The lowest BCUT2D eigenvalue weighted by Gasteiger charge is -2.12. The molecule has 3 N–H and O–H groups in total. The number of carbonyl (C=O) groups excluding carboxylic acids is 1. The first kappa shape index (κ1) is 24.5. The van der Waals surface area contributed by atoms with Gasteiger partial charge in [0.2, 0.25) is 0 Å². The summed E-state index contributed by atoms with van der Waals surface area (Å²) in [5.41, 5.74) is 2.10. The number of aromatic hydroxyl groups is 1. The zero-order chi connectivity index (χ0) is 24.0. The van der Waals surface area contributed by atoms with Crippen LogP contribution in [0.4, 0.5) is 5.69 Å².